The summed E-state index contributed by atoms with van der Waals surface area (Å²) in [7, 11) is 1.66. The third-order valence-corrected chi connectivity index (χ3v) is 5.87. The maximum absolute atomic E-state index is 13.4. The molecular weight excluding hydrogens is 376 g/mol. The molecule has 1 amide bonds. The van der Waals surface area contributed by atoms with Crippen LogP contribution < -0.4 is 16.2 Å². The number of rotatable bonds is 2. The van der Waals surface area contributed by atoms with Crippen LogP contribution in [0.4, 0.5) is 5.69 Å². The number of guanidine groups is 1. The first kappa shape index (κ1) is 18.2. The Hall–Kier alpha value is -3.80. The van der Waals surface area contributed by atoms with E-state index in [1.165, 1.54) is 4.90 Å². The number of carbonyl (C=O) groups is 1. The van der Waals surface area contributed by atoms with E-state index in [4.69, 9.17) is 16.2 Å². The van der Waals surface area contributed by atoms with Crippen molar-refractivity contribution in [3.05, 3.63) is 83.9 Å². The Kier molecular flexibility index (Phi) is 4.03. The number of nitrogen functional groups attached to an aromatic ring is 1. The normalized spacial score (nSPS) is 22.6. The van der Waals surface area contributed by atoms with Crippen LogP contribution in [0, 0.1) is 0 Å². The summed E-state index contributed by atoms with van der Waals surface area (Å²) in [4.78, 5) is 19.5. The first-order chi connectivity index (χ1) is 14.5. The molecule has 6 nitrogen and oxygen atoms in total. The molecule has 2 atom stereocenters. The second kappa shape index (κ2) is 6.62. The number of aliphatic imine (C=N–C) groups is 1. The smallest absolute Gasteiger partial charge is 0.261 e. The Labute approximate surface area is 174 Å². The fraction of sp³-hybridized carbons (Fsp3) is 0.167. The summed E-state index contributed by atoms with van der Waals surface area (Å²) in [6.45, 7) is 0. The molecule has 30 heavy (non-hydrogen) atoms. The summed E-state index contributed by atoms with van der Waals surface area (Å²) in [6, 6.07) is 23.4. The Morgan fingerprint density at radius 2 is 1.77 bits per heavy atom. The summed E-state index contributed by atoms with van der Waals surface area (Å²) in [6.07, 6.45) is 0.0813. The molecule has 0 radical (unpaired) electrons. The van der Waals surface area contributed by atoms with E-state index in [-0.39, 0.29) is 18.0 Å². The molecule has 5 rings (SSSR count). The molecule has 0 aliphatic carbocycles. The lowest BCUT2D eigenvalue weighted by Crippen LogP contribution is -2.43. The van der Waals surface area contributed by atoms with Crippen LogP contribution in [-0.2, 0) is 10.3 Å². The topological polar surface area (TPSA) is 93.9 Å². The van der Waals surface area contributed by atoms with E-state index < -0.39 is 5.54 Å². The fourth-order valence-corrected chi connectivity index (χ4v) is 4.29. The third-order valence-electron chi connectivity index (χ3n) is 5.87. The number of hydrogen-bond donors (Lipinski definition) is 2. The second-order valence-electron chi connectivity index (χ2n) is 7.75. The molecular formula is C24H22N4O2. The molecule has 0 saturated carbocycles. The van der Waals surface area contributed by atoms with Crippen molar-refractivity contribution in [3.8, 4) is 16.9 Å². The highest BCUT2D eigenvalue weighted by molar-refractivity contribution is 6.07. The molecule has 1 spiro atoms. The Morgan fingerprint density at radius 1 is 1.00 bits per heavy atom. The fourth-order valence-electron chi connectivity index (χ4n) is 4.29. The molecule has 6 heteroatoms. The van der Waals surface area contributed by atoms with Gasteiger partial charge in [-0.2, -0.15) is 0 Å². The molecule has 4 N–H and O–H groups in total. The van der Waals surface area contributed by atoms with Crippen LogP contribution in [0.15, 0.2) is 77.8 Å². The predicted octanol–water partition coefficient (Wildman–Crippen LogP) is 3.44. The molecule has 0 fully saturated rings. The van der Waals surface area contributed by atoms with Gasteiger partial charge in [-0.25, -0.2) is 4.99 Å². The van der Waals surface area contributed by atoms with Gasteiger partial charge in [0.05, 0.1) is 0 Å². The number of hydrogen-bond acceptors (Lipinski definition) is 5. The lowest BCUT2D eigenvalue weighted by Gasteiger charge is -2.37. The van der Waals surface area contributed by atoms with Crippen LogP contribution in [-0.4, -0.2) is 23.8 Å². The van der Waals surface area contributed by atoms with Crippen LogP contribution >= 0.6 is 0 Å². The van der Waals surface area contributed by atoms with Gasteiger partial charge in [-0.05, 0) is 41.0 Å². The first-order valence-electron chi connectivity index (χ1n) is 9.83. The van der Waals surface area contributed by atoms with Crippen molar-refractivity contribution in [1.29, 1.82) is 0 Å². The summed E-state index contributed by atoms with van der Waals surface area (Å²) < 4.78 is 6.33. The summed E-state index contributed by atoms with van der Waals surface area (Å²) in [5.41, 5.74) is 15.3. The monoisotopic (exact) mass is 398 g/mol. The van der Waals surface area contributed by atoms with Gasteiger partial charge >= 0.3 is 0 Å². The number of carbonyl (C=O) groups excluding carboxylic acids is 1. The SMILES string of the molecule is CN1C(=O)[C@@]2(C[C@H](c3ccccc3)Oc3ccc(-c4cccc(N)c4)cc32)N=C1N. The minimum absolute atomic E-state index is 0.143. The number of benzene rings is 3. The number of fused-ring (bicyclic) bond motifs is 2. The molecule has 3 aromatic rings. The highest BCUT2D eigenvalue weighted by Crippen LogP contribution is 2.50. The molecule has 0 saturated heterocycles. The van der Waals surface area contributed by atoms with Crippen LogP contribution in [0.1, 0.15) is 23.7 Å². The van der Waals surface area contributed by atoms with Gasteiger partial charge in [0.25, 0.3) is 5.91 Å². The van der Waals surface area contributed by atoms with Gasteiger partial charge in [0, 0.05) is 24.7 Å². The maximum Gasteiger partial charge on any atom is 0.261 e. The van der Waals surface area contributed by atoms with Gasteiger partial charge in [-0.1, -0.05) is 48.5 Å². The molecule has 0 bridgehead atoms. The molecule has 2 heterocycles. The lowest BCUT2D eigenvalue weighted by atomic mass is 9.79. The van der Waals surface area contributed by atoms with E-state index in [0.717, 1.165) is 22.3 Å². The number of amides is 1. The van der Waals surface area contributed by atoms with E-state index in [2.05, 4.69) is 4.99 Å². The highest BCUT2D eigenvalue weighted by Gasteiger charge is 2.53. The second-order valence-corrected chi connectivity index (χ2v) is 7.75. The zero-order chi connectivity index (χ0) is 20.9. The largest absolute Gasteiger partial charge is 0.485 e. The van der Waals surface area contributed by atoms with Gasteiger partial charge in [0.2, 0.25) is 0 Å². The number of ether oxygens (including phenoxy) is 1. The first-order valence-corrected chi connectivity index (χ1v) is 9.83. The number of nitrogens with two attached hydrogens (primary N) is 2. The lowest BCUT2D eigenvalue weighted by molar-refractivity contribution is -0.132. The minimum Gasteiger partial charge on any atom is -0.485 e. The van der Waals surface area contributed by atoms with Crippen molar-refractivity contribution in [2.24, 2.45) is 10.7 Å². The maximum atomic E-state index is 13.4. The van der Waals surface area contributed by atoms with Crippen molar-refractivity contribution in [2.45, 2.75) is 18.1 Å². The van der Waals surface area contributed by atoms with Crippen molar-refractivity contribution < 1.29 is 9.53 Å². The van der Waals surface area contributed by atoms with E-state index >= 15 is 0 Å². The van der Waals surface area contributed by atoms with Crippen molar-refractivity contribution in [2.75, 3.05) is 12.8 Å². The molecule has 150 valence electrons. The summed E-state index contributed by atoms with van der Waals surface area (Å²) in [5, 5.41) is 0. The zero-order valence-corrected chi connectivity index (χ0v) is 16.6. The molecule has 3 aromatic carbocycles. The van der Waals surface area contributed by atoms with Gasteiger partial charge in [-0.3, -0.25) is 9.69 Å². The van der Waals surface area contributed by atoms with Crippen LogP contribution in [0.3, 0.4) is 0 Å². The van der Waals surface area contributed by atoms with Crippen molar-refractivity contribution in [3.63, 3.8) is 0 Å². The third kappa shape index (κ3) is 2.72. The highest BCUT2D eigenvalue weighted by atomic mass is 16.5. The zero-order valence-electron chi connectivity index (χ0n) is 16.6. The molecule has 2 aliphatic heterocycles. The molecule has 2 aliphatic rings. The Morgan fingerprint density at radius 3 is 2.47 bits per heavy atom. The molecule has 0 aromatic heterocycles. The van der Waals surface area contributed by atoms with Crippen molar-refractivity contribution >= 4 is 17.6 Å². The Balaban J connectivity index is 1.68. The van der Waals surface area contributed by atoms with Crippen LogP contribution in [0.5, 0.6) is 5.75 Å². The number of nitrogens with zero attached hydrogens (tertiary/aromatic N) is 2. The quantitative estimate of drug-likeness (QED) is 0.647. The van der Waals surface area contributed by atoms with Crippen molar-refractivity contribution in [1.82, 2.24) is 4.90 Å². The van der Waals surface area contributed by atoms with Gasteiger partial charge in [0.15, 0.2) is 11.5 Å². The number of anilines is 1. The van der Waals surface area contributed by atoms with Crippen LogP contribution in [0.2, 0.25) is 0 Å². The molecule has 0 unspecified atom stereocenters. The standard InChI is InChI=1S/C24H22N4O2/c1-28-22(29)24(27-23(28)26)14-21(15-6-3-2-4-7-15)30-20-11-10-17(13-19(20)24)16-8-5-9-18(25)12-16/h2-13,21H,14,25H2,1H3,(H2,26,27)/t21-,24+/m1/s1. The average Bonchev–Trinajstić information content (AvgIpc) is 2.98. The van der Waals surface area contributed by atoms with E-state index in [0.29, 0.717) is 17.9 Å². The van der Waals surface area contributed by atoms with Crippen LogP contribution in [0.25, 0.3) is 11.1 Å². The average molecular weight is 398 g/mol. The van der Waals surface area contributed by atoms with E-state index in [1.54, 1.807) is 7.05 Å². The van der Waals surface area contributed by atoms with E-state index in [1.807, 2.05) is 72.8 Å². The Bertz CT molecular complexity index is 1170. The van der Waals surface area contributed by atoms with Gasteiger partial charge < -0.3 is 16.2 Å². The minimum atomic E-state index is -1.11. The van der Waals surface area contributed by atoms with Gasteiger partial charge in [0.1, 0.15) is 11.9 Å². The predicted molar refractivity (Wildman–Crippen MR) is 117 cm³/mol. The number of likely N-dealkylation sites (N-methyl/N-ethyl adjacent to an activating group) is 1. The summed E-state index contributed by atoms with van der Waals surface area (Å²) >= 11 is 0. The van der Waals surface area contributed by atoms with E-state index in [9.17, 15) is 4.79 Å². The summed E-state index contributed by atoms with van der Waals surface area (Å²) in [5.74, 6) is 0.715. The van der Waals surface area contributed by atoms with Gasteiger partial charge in [-0.15, -0.1) is 0 Å².